The van der Waals surface area contributed by atoms with Crippen LogP contribution in [0.15, 0.2) is 24.3 Å². The molecular weight excluding hydrogens is 264 g/mol. The molecule has 1 aliphatic rings. The van der Waals surface area contributed by atoms with Crippen molar-refractivity contribution in [2.75, 3.05) is 39.3 Å². The SMILES string of the molecule is O=C(c1ccccc1Cl)N1CCCN(CCO)CC1. The third-order valence-electron chi connectivity index (χ3n) is 3.40. The predicted octanol–water partition coefficient (Wildman–Crippen LogP) is 1.48. The Morgan fingerprint density at radius 2 is 2.00 bits per heavy atom. The quantitative estimate of drug-likeness (QED) is 0.913. The van der Waals surface area contributed by atoms with Crippen LogP contribution in [0.4, 0.5) is 0 Å². The molecule has 1 aromatic carbocycles. The zero-order valence-corrected chi connectivity index (χ0v) is 11.6. The number of β-amino-alcohol motifs (C(OH)–C–C–N with tert-alkyl or cyclic N) is 1. The molecule has 1 aromatic rings. The van der Waals surface area contributed by atoms with Crippen LogP contribution in [0.3, 0.4) is 0 Å². The largest absolute Gasteiger partial charge is 0.395 e. The Balaban J connectivity index is 2.02. The number of nitrogens with zero attached hydrogens (tertiary/aromatic N) is 2. The first-order valence-electron chi connectivity index (χ1n) is 6.59. The molecule has 104 valence electrons. The molecule has 19 heavy (non-hydrogen) atoms. The van der Waals surface area contributed by atoms with Gasteiger partial charge in [0.25, 0.3) is 5.91 Å². The summed E-state index contributed by atoms with van der Waals surface area (Å²) in [5.41, 5.74) is 0.569. The number of hydrogen-bond acceptors (Lipinski definition) is 3. The maximum absolute atomic E-state index is 12.4. The van der Waals surface area contributed by atoms with E-state index in [2.05, 4.69) is 4.90 Å². The number of aliphatic hydroxyl groups excluding tert-OH is 1. The Labute approximate surface area is 118 Å². The number of amides is 1. The Morgan fingerprint density at radius 3 is 2.74 bits per heavy atom. The molecule has 2 rings (SSSR count). The summed E-state index contributed by atoms with van der Waals surface area (Å²) < 4.78 is 0. The molecule has 0 aliphatic carbocycles. The van der Waals surface area contributed by atoms with Gasteiger partial charge in [0.05, 0.1) is 17.2 Å². The minimum atomic E-state index is -0.00329. The number of halogens is 1. The Kier molecular flexibility index (Phi) is 5.19. The normalized spacial score (nSPS) is 17.3. The van der Waals surface area contributed by atoms with Crippen LogP contribution in [-0.2, 0) is 0 Å². The van der Waals surface area contributed by atoms with Crippen LogP contribution < -0.4 is 0 Å². The third kappa shape index (κ3) is 3.69. The maximum atomic E-state index is 12.4. The van der Waals surface area contributed by atoms with Gasteiger partial charge in [-0.25, -0.2) is 0 Å². The van der Waals surface area contributed by atoms with E-state index in [-0.39, 0.29) is 12.5 Å². The highest BCUT2D eigenvalue weighted by atomic mass is 35.5. The van der Waals surface area contributed by atoms with Crippen molar-refractivity contribution >= 4 is 17.5 Å². The van der Waals surface area contributed by atoms with Crippen LogP contribution in [0.25, 0.3) is 0 Å². The van der Waals surface area contributed by atoms with Gasteiger partial charge in [-0.1, -0.05) is 23.7 Å². The topological polar surface area (TPSA) is 43.8 Å². The van der Waals surface area contributed by atoms with E-state index in [4.69, 9.17) is 16.7 Å². The van der Waals surface area contributed by atoms with E-state index >= 15 is 0 Å². The second-order valence-electron chi connectivity index (χ2n) is 4.69. The van der Waals surface area contributed by atoms with Gasteiger partial charge in [0.15, 0.2) is 0 Å². The van der Waals surface area contributed by atoms with Gasteiger partial charge in [-0.15, -0.1) is 0 Å². The molecule has 0 aromatic heterocycles. The van der Waals surface area contributed by atoms with Gasteiger partial charge in [0.1, 0.15) is 0 Å². The molecule has 0 atom stereocenters. The van der Waals surface area contributed by atoms with Crippen molar-refractivity contribution in [3.63, 3.8) is 0 Å². The van der Waals surface area contributed by atoms with Crippen LogP contribution in [-0.4, -0.2) is 60.1 Å². The van der Waals surface area contributed by atoms with Crippen molar-refractivity contribution < 1.29 is 9.90 Å². The number of carbonyl (C=O) groups excluding carboxylic acids is 1. The highest BCUT2D eigenvalue weighted by molar-refractivity contribution is 6.33. The number of aliphatic hydroxyl groups is 1. The van der Waals surface area contributed by atoms with Gasteiger partial charge in [-0.3, -0.25) is 9.69 Å². The van der Waals surface area contributed by atoms with Gasteiger partial charge in [-0.05, 0) is 25.1 Å². The summed E-state index contributed by atoms with van der Waals surface area (Å²) >= 11 is 6.07. The molecule has 1 N–H and O–H groups in total. The van der Waals surface area contributed by atoms with Crippen LogP contribution >= 0.6 is 11.6 Å². The summed E-state index contributed by atoms with van der Waals surface area (Å²) in [7, 11) is 0. The molecule has 1 fully saturated rings. The average molecular weight is 283 g/mol. The molecule has 1 amide bonds. The molecule has 0 saturated carbocycles. The van der Waals surface area contributed by atoms with E-state index in [0.29, 0.717) is 23.7 Å². The number of carbonyl (C=O) groups is 1. The lowest BCUT2D eigenvalue weighted by Crippen LogP contribution is -2.36. The monoisotopic (exact) mass is 282 g/mol. The van der Waals surface area contributed by atoms with Gasteiger partial charge in [-0.2, -0.15) is 0 Å². The molecule has 0 bridgehead atoms. The second-order valence-corrected chi connectivity index (χ2v) is 5.10. The average Bonchev–Trinajstić information content (AvgIpc) is 2.65. The standard InChI is InChI=1S/C14H19ClN2O2/c15-13-5-2-1-4-12(13)14(19)17-7-3-6-16(8-9-17)10-11-18/h1-2,4-5,18H,3,6-11H2. The van der Waals surface area contributed by atoms with E-state index in [0.717, 1.165) is 26.1 Å². The van der Waals surface area contributed by atoms with Crippen LogP contribution in [0.2, 0.25) is 5.02 Å². The lowest BCUT2D eigenvalue weighted by Gasteiger charge is -2.22. The van der Waals surface area contributed by atoms with E-state index in [1.54, 1.807) is 12.1 Å². The van der Waals surface area contributed by atoms with Crippen molar-refractivity contribution in [1.29, 1.82) is 0 Å². The number of rotatable bonds is 3. The summed E-state index contributed by atoms with van der Waals surface area (Å²) in [4.78, 5) is 16.4. The summed E-state index contributed by atoms with van der Waals surface area (Å²) in [5.74, 6) is -0.00329. The van der Waals surface area contributed by atoms with E-state index < -0.39 is 0 Å². The highest BCUT2D eigenvalue weighted by Crippen LogP contribution is 2.18. The molecule has 5 heteroatoms. The van der Waals surface area contributed by atoms with Gasteiger partial charge in [0, 0.05) is 26.2 Å². The Hall–Kier alpha value is -1.10. The smallest absolute Gasteiger partial charge is 0.255 e. The molecule has 1 aliphatic heterocycles. The number of benzene rings is 1. The van der Waals surface area contributed by atoms with E-state index in [1.807, 2.05) is 17.0 Å². The summed E-state index contributed by atoms with van der Waals surface area (Å²) in [6, 6.07) is 7.16. The molecule has 1 heterocycles. The van der Waals surface area contributed by atoms with Gasteiger partial charge in [0.2, 0.25) is 0 Å². The van der Waals surface area contributed by atoms with Crippen LogP contribution in [0.1, 0.15) is 16.8 Å². The van der Waals surface area contributed by atoms with Crippen LogP contribution in [0, 0.1) is 0 Å². The fourth-order valence-electron chi connectivity index (χ4n) is 2.34. The van der Waals surface area contributed by atoms with Crippen molar-refractivity contribution in [3.05, 3.63) is 34.9 Å². The third-order valence-corrected chi connectivity index (χ3v) is 3.73. The lowest BCUT2D eigenvalue weighted by atomic mass is 10.2. The lowest BCUT2D eigenvalue weighted by molar-refractivity contribution is 0.0760. The molecule has 4 nitrogen and oxygen atoms in total. The molecule has 0 radical (unpaired) electrons. The molecule has 1 saturated heterocycles. The minimum absolute atomic E-state index is 0.00329. The van der Waals surface area contributed by atoms with Crippen molar-refractivity contribution in [1.82, 2.24) is 9.80 Å². The number of hydrogen-bond donors (Lipinski definition) is 1. The first kappa shape index (κ1) is 14.3. The van der Waals surface area contributed by atoms with Gasteiger partial charge < -0.3 is 10.0 Å². The fourth-order valence-corrected chi connectivity index (χ4v) is 2.56. The fraction of sp³-hybridized carbons (Fsp3) is 0.500. The van der Waals surface area contributed by atoms with Crippen molar-refractivity contribution in [3.8, 4) is 0 Å². The first-order chi connectivity index (χ1) is 9.22. The Morgan fingerprint density at radius 1 is 1.21 bits per heavy atom. The van der Waals surface area contributed by atoms with Crippen LogP contribution in [0.5, 0.6) is 0 Å². The molecule has 0 spiro atoms. The summed E-state index contributed by atoms with van der Waals surface area (Å²) in [5, 5.41) is 9.46. The first-order valence-corrected chi connectivity index (χ1v) is 6.97. The van der Waals surface area contributed by atoms with E-state index in [9.17, 15) is 4.79 Å². The zero-order valence-electron chi connectivity index (χ0n) is 10.9. The minimum Gasteiger partial charge on any atom is -0.395 e. The summed E-state index contributed by atoms with van der Waals surface area (Å²) in [6.07, 6.45) is 0.927. The molecule has 0 unspecified atom stereocenters. The summed E-state index contributed by atoms with van der Waals surface area (Å²) in [6.45, 7) is 3.99. The van der Waals surface area contributed by atoms with Gasteiger partial charge >= 0.3 is 0 Å². The van der Waals surface area contributed by atoms with Crippen molar-refractivity contribution in [2.24, 2.45) is 0 Å². The maximum Gasteiger partial charge on any atom is 0.255 e. The van der Waals surface area contributed by atoms with E-state index in [1.165, 1.54) is 0 Å². The predicted molar refractivity (Wildman–Crippen MR) is 75.5 cm³/mol. The van der Waals surface area contributed by atoms with Crippen molar-refractivity contribution in [2.45, 2.75) is 6.42 Å². The molecular formula is C14H19ClN2O2. The highest BCUT2D eigenvalue weighted by Gasteiger charge is 2.21. The second kappa shape index (κ2) is 6.89. The zero-order chi connectivity index (χ0) is 13.7. The Bertz CT molecular complexity index is 439.